The Hall–Kier alpha value is -1.60. The van der Waals surface area contributed by atoms with Gasteiger partial charge in [0.2, 0.25) is 0 Å². The van der Waals surface area contributed by atoms with Crippen LogP contribution < -0.4 is 0 Å². The molecule has 0 aliphatic heterocycles. The molecule has 0 spiro atoms. The largest absolute Gasteiger partial charge is 0.472 e. The first-order valence-corrected chi connectivity index (χ1v) is 9.55. The van der Waals surface area contributed by atoms with Gasteiger partial charge in [0, 0.05) is 24.2 Å². The number of unbranched alkanes of at least 4 members (excludes halogenated alkanes) is 1. The van der Waals surface area contributed by atoms with Crippen LogP contribution in [0.5, 0.6) is 0 Å². The van der Waals surface area contributed by atoms with Crippen LogP contribution in [0, 0.1) is 29.6 Å². The molecular weight excluding hydrogens is 316 g/mol. The number of carbonyl (C=O) groups excluding carboxylic acids is 1. The number of carboxylic acid groups (broad SMARTS) is 1. The maximum absolute atomic E-state index is 12.1. The average Bonchev–Trinajstić information content (AvgIpc) is 2.91. The molecule has 25 heavy (non-hydrogen) atoms. The summed E-state index contributed by atoms with van der Waals surface area (Å²) in [6, 6.07) is 0. The van der Waals surface area contributed by atoms with Crippen molar-refractivity contribution in [1.82, 2.24) is 0 Å². The van der Waals surface area contributed by atoms with Crippen LogP contribution >= 0.6 is 0 Å². The molecule has 4 nitrogen and oxygen atoms in total. The quantitative estimate of drug-likeness (QED) is 0.463. The molecule has 4 heteroatoms. The van der Waals surface area contributed by atoms with Crippen molar-refractivity contribution in [1.29, 1.82) is 0 Å². The fourth-order valence-electron chi connectivity index (χ4n) is 3.50. The van der Waals surface area contributed by atoms with Crippen molar-refractivity contribution in [2.75, 3.05) is 0 Å². The minimum absolute atomic E-state index is 0.0728. The van der Waals surface area contributed by atoms with E-state index in [9.17, 15) is 14.7 Å². The number of aliphatic hydroxyl groups excluding tert-OH is 1. The molecule has 0 aromatic carbocycles. The molecule has 0 radical (unpaired) electrons. The summed E-state index contributed by atoms with van der Waals surface area (Å²) in [6.07, 6.45) is 11.8. The second kappa shape index (κ2) is 11.9. The first kappa shape index (κ1) is 21.4. The third-order valence-corrected chi connectivity index (χ3v) is 4.97. The lowest BCUT2D eigenvalue weighted by Gasteiger charge is -2.18. The molecule has 2 N–H and O–H groups in total. The monoisotopic (exact) mass is 348 g/mol. The lowest BCUT2D eigenvalue weighted by molar-refractivity contribution is -0.130. The summed E-state index contributed by atoms with van der Waals surface area (Å²) in [5, 5.41) is 18.5. The van der Waals surface area contributed by atoms with Crippen LogP contribution in [0.2, 0.25) is 0 Å². The van der Waals surface area contributed by atoms with Gasteiger partial charge in [0.05, 0.1) is 6.10 Å². The fraction of sp³-hybridized carbons (Fsp3) is 0.714. The highest BCUT2D eigenvalue weighted by atomic mass is 16.4. The maximum Gasteiger partial charge on any atom is 0.381 e. The molecule has 4 atom stereocenters. The van der Waals surface area contributed by atoms with Gasteiger partial charge in [-0.1, -0.05) is 44.3 Å². The van der Waals surface area contributed by atoms with E-state index in [0.717, 1.165) is 44.9 Å². The van der Waals surface area contributed by atoms with Gasteiger partial charge in [0.15, 0.2) is 0 Å². The molecule has 1 aliphatic carbocycles. The van der Waals surface area contributed by atoms with Crippen LogP contribution in [-0.2, 0) is 9.59 Å². The normalized spacial score (nSPS) is 22.6. The van der Waals surface area contributed by atoms with Crippen LogP contribution in [-0.4, -0.2) is 28.1 Å². The molecule has 1 rings (SSSR count). The molecule has 0 saturated heterocycles. The Morgan fingerprint density at radius 3 is 2.76 bits per heavy atom. The van der Waals surface area contributed by atoms with E-state index in [4.69, 9.17) is 5.11 Å². The van der Waals surface area contributed by atoms with Gasteiger partial charge >= 0.3 is 5.97 Å². The number of Topliss-reactive ketones (excluding diaryl/α,β-unsaturated/α-hetero) is 1. The van der Waals surface area contributed by atoms with E-state index in [-0.39, 0.29) is 17.9 Å². The minimum Gasteiger partial charge on any atom is -0.472 e. The molecule has 140 valence electrons. The second-order valence-electron chi connectivity index (χ2n) is 7.13. The van der Waals surface area contributed by atoms with Crippen molar-refractivity contribution in [2.24, 2.45) is 17.8 Å². The van der Waals surface area contributed by atoms with E-state index in [0.29, 0.717) is 24.5 Å². The Morgan fingerprint density at radius 1 is 1.36 bits per heavy atom. The van der Waals surface area contributed by atoms with Crippen LogP contribution in [0.4, 0.5) is 0 Å². The molecule has 0 bridgehead atoms. The Labute approximate surface area is 151 Å². The van der Waals surface area contributed by atoms with Crippen LogP contribution in [0.25, 0.3) is 0 Å². The van der Waals surface area contributed by atoms with Crippen LogP contribution in [0.3, 0.4) is 0 Å². The summed E-state index contributed by atoms with van der Waals surface area (Å²) in [7, 11) is 0. The highest BCUT2D eigenvalue weighted by Gasteiger charge is 2.33. The zero-order valence-corrected chi connectivity index (χ0v) is 15.5. The molecule has 1 aliphatic rings. The highest BCUT2D eigenvalue weighted by molar-refractivity contribution is 5.86. The number of aliphatic carboxylic acids is 1. The third kappa shape index (κ3) is 8.88. The molecule has 1 unspecified atom stereocenters. The van der Waals surface area contributed by atoms with Crippen molar-refractivity contribution in [3.05, 3.63) is 12.2 Å². The van der Waals surface area contributed by atoms with Gasteiger partial charge in [-0.2, -0.15) is 0 Å². The van der Waals surface area contributed by atoms with Gasteiger partial charge in [0.1, 0.15) is 5.78 Å². The van der Waals surface area contributed by atoms with Gasteiger partial charge in [-0.25, -0.2) is 4.79 Å². The summed E-state index contributed by atoms with van der Waals surface area (Å²) < 4.78 is 0. The summed E-state index contributed by atoms with van der Waals surface area (Å²) in [6.45, 7) is 3.97. The van der Waals surface area contributed by atoms with Gasteiger partial charge in [-0.05, 0) is 44.9 Å². The Kier molecular flexibility index (Phi) is 10.2. The van der Waals surface area contributed by atoms with Crippen LogP contribution in [0.1, 0.15) is 71.6 Å². The standard InChI is InChI=1S/C21H32O4/c1-3-4-9-18(22)10-6-8-17-13-14-20(23)19(17)11-5-7-16(2)12-15-21(24)25/h5,7,16-19,22H,3-4,6,8-11,13-14H2,1-2H3,(H,24,25)/t16?,17-,18-,19+/m0/s1. The molecular formula is C21H32O4. The number of carboxylic acids is 1. The van der Waals surface area contributed by atoms with Crippen LogP contribution in [0.15, 0.2) is 12.2 Å². The van der Waals surface area contributed by atoms with Gasteiger partial charge < -0.3 is 10.2 Å². The predicted octanol–water partition coefficient (Wildman–Crippen LogP) is 3.97. The molecule has 0 aromatic rings. The van der Waals surface area contributed by atoms with Crippen molar-refractivity contribution >= 4 is 11.8 Å². The van der Waals surface area contributed by atoms with E-state index in [1.165, 1.54) is 0 Å². The number of hydrogen-bond acceptors (Lipinski definition) is 3. The zero-order chi connectivity index (χ0) is 18.7. The molecule has 1 saturated carbocycles. The molecule has 0 heterocycles. The Balaban J connectivity index is 2.39. The number of rotatable bonds is 10. The Morgan fingerprint density at radius 2 is 2.08 bits per heavy atom. The van der Waals surface area contributed by atoms with E-state index in [2.05, 4.69) is 18.8 Å². The highest BCUT2D eigenvalue weighted by Crippen LogP contribution is 2.35. The molecule has 0 amide bonds. The average molecular weight is 348 g/mol. The van der Waals surface area contributed by atoms with Crippen molar-refractivity contribution in [3.63, 3.8) is 0 Å². The SMILES string of the molecule is CCCC[C@H](O)CCC[C@H]1CCC(=O)[C@@H]1CC=CC(C)C#CC(=O)O. The predicted molar refractivity (Wildman–Crippen MR) is 98.9 cm³/mol. The lowest BCUT2D eigenvalue weighted by atomic mass is 9.87. The van der Waals surface area contributed by atoms with Gasteiger partial charge in [-0.15, -0.1) is 0 Å². The third-order valence-electron chi connectivity index (χ3n) is 4.97. The number of hydrogen-bond donors (Lipinski definition) is 2. The van der Waals surface area contributed by atoms with E-state index in [1.807, 2.05) is 19.1 Å². The van der Waals surface area contributed by atoms with E-state index < -0.39 is 5.97 Å². The topological polar surface area (TPSA) is 74.6 Å². The molecule has 1 fully saturated rings. The Bertz CT molecular complexity index is 512. The summed E-state index contributed by atoms with van der Waals surface area (Å²) >= 11 is 0. The number of ketones is 1. The molecule has 0 aromatic heterocycles. The number of aliphatic hydroxyl groups is 1. The van der Waals surface area contributed by atoms with E-state index >= 15 is 0 Å². The summed E-state index contributed by atoms with van der Waals surface area (Å²) in [4.78, 5) is 22.5. The minimum atomic E-state index is -1.12. The van der Waals surface area contributed by atoms with Crippen molar-refractivity contribution in [2.45, 2.75) is 77.7 Å². The second-order valence-corrected chi connectivity index (χ2v) is 7.13. The van der Waals surface area contributed by atoms with Gasteiger partial charge in [-0.3, -0.25) is 4.79 Å². The lowest BCUT2D eigenvalue weighted by Crippen LogP contribution is -2.15. The first-order valence-electron chi connectivity index (χ1n) is 9.55. The van der Waals surface area contributed by atoms with Crippen molar-refractivity contribution in [3.8, 4) is 11.8 Å². The van der Waals surface area contributed by atoms with Gasteiger partial charge in [0.25, 0.3) is 0 Å². The van der Waals surface area contributed by atoms with Crippen molar-refractivity contribution < 1.29 is 19.8 Å². The fourth-order valence-corrected chi connectivity index (χ4v) is 3.50. The number of allylic oxidation sites excluding steroid dienone is 2. The first-order chi connectivity index (χ1) is 11.9. The summed E-state index contributed by atoms with van der Waals surface area (Å²) in [5.74, 6) is 4.34. The smallest absolute Gasteiger partial charge is 0.381 e. The number of carbonyl (C=O) groups is 2. The maximum atomic E-state index is 12.1. The zero-order valence-electron chi connectivity index (χ0n) is 15.5. The summed E-state index contributed by atoms with van der Waals surface area (Å²) in [5.41, 5.74) is 0. The van der Waals surface area contributed by atoms with E-state index in [1.54, 1.807) is 0 Å².